The number of H-pyrrole nitrogens is 1. The first kappa shape index (κ1) is 23.6. The van der Waals surface area contributed by atoms with Gasteiger partial charge in [-0.25, -0.2) is 0 Å². The zero-order chi connectivity index (χ0) is 24.8. The molecule has 0 saturated heterocycles. The Labute approximate surface area is 202 Å². The monoisotopic (exact) mass is 485 g/mol. The van der Waals surface area contributed by atoms with E-state index in [2.05, 4.69) is 22.5 Å². The van der Waals surface area contributed by atoms with E-state index in [0.29, 0.717) is 0 Å². The van der Waals surface area contributed by atoms with Crippen molar-refractivity contribution in [1.82, 2.24) is 10.3 Å². The van der Waals surface area contributed by atoms with Gasteiger partial charge in [-0.2, -0.15) is 13.2 Å². The minimum absolute atomic E-state index is 0.0197. The number of hydrogen-bond donors (Lipinski definition) is 3. The van der Waals surface area contributed by atoms with E-state index in [9.17, 15) is 18.0 Å². The molecular formula is C27H30F3N3O2. The Kier molecular flexibility index (Phi) is 5.93. The zero-order valence-electron chi connectivity index (χ0n) is 19.8. The number of halogens is 3. The smallest absolute Gasteiger partial charge is 0.416 e. The highest BCUT2D eigenvalue weighted by atomic mass is 19.4. The minimum atomic E-state index is -4.31. The number of ether oxygens (including phenoxy) is 1. The number of rotatable bonds is 7. The van der Waals surface area contributed by atoms with Crippen LogP contribution in [0.4, 0.5) is 18.9 Å². The third-order valence-electron chi connectivity index (χ3n) is 7.35. The van der Waals surface area contributed by atoms with Gasteiger partial charge in [0, 0.05) is 36.6 Å². The summed E-state index contributed by atoms with van der Waals surface area (Å²) in [4.78, 5) is 14.5. The van der Waals surface area contributed by atoms with Gasteiger partial charge in [0.1, 0.15) is 5.75 Å². The molecule has 2 aromatic carbocycles. The van der Waals surface area contributed by atoms with Gasteiger partial charge in [-0.3, -0.25) is 4.79 Å². The Morgan fingerprint density at radius 1 is 1.14 bits per heavy atom. The fourth-order valence-electron chi connectivity index (χ4n) is 5.36. The molecule has 5 rings (SSSR count). The molecule has 8 heteroatoms. The minimum Gasteiger partial charge on any atom is -0.490 e. The van der Waals surface area contributed by atoms with Gasteiger partial charge < -0.3 is 20.4 Å². The summed E-state index contributed by atoms with van der Waals surface area (Å²) >= 11 is 0. The molecule has 1 aromatic heterocycles. The van der Waals surface area contributed by atoms with Crippen molar-refractivity contribution in [1.29, 1.82) is 0 Å². The topological polar surface area (TPSA) is 66.2 Å². The van der Waals surface area contributed by atoms with Gasteiger partial charge in [-0.05, 0) is 72.9 Å². The van der Waals surface area contributed by atoms with Crippen molar-refractivity contribution >= 4 is 22.5 Å². The summed E-state index contributed by atoms with van der Waals surface area (Å²) in [5.41, 5.74) is 2.49. The number of benzene rings is 2. The SMILES string of the molecule is CC(=O)NC1CC(C)(CNc2c[nH]c3ccc(OC4CC(c5ccc(C(F)(F)F)cc5)C4)cc23)C1. The van der Waals surface area contributed by atoms with E-state index in [1.807, 2.05) is 24.4 Å². The Morgan fingerprint density at radius 2 is 1.86 bits per heavy atom. The maximum Gasteiger partial charge on any atom is 0.416 e. The first-order chi connectivity index (χ1) is 16.6. The molecule has 186 valence electrons. The number of alkyl halides is 3. The van der Waals surface area contributed by atoms with Crippen LogP contribution >= 0.6 is 0 Å². The summed E-state index contributed by atoms with van der Waals surface area (Å²) in [5, 5.41) is 7.60. The van der Waals surface area contributed by atoms with Gasteiger partial charge in [0.05, 0.1) is 17.4 Å². The molecule has 1 heterocycles. The second kappa shape index (κ2) is 8.81. The van der Waals surface area contributed by atoms with Gasteiger partial charge in [-0.15, -0.1) is 0 Å². The molecule has 0 bridgehead atoms. The van der Waals surface area contributed by atoms with Crippen LogP contribution in [0.5, 0.6) is 5.75 Å². The van der Waals surface area contributed by atoms with Crippen LogP contribution in [0.3, 0.4) is 0 Å². The molecule has 0 atom stereocenters. The van der Waals surface area contributed by atoms with Crippen molar-refractivity contribution in [3.8, 4) is 5.75 Å². The van der Waals surface area contributed by atoms with Crippen LogP contribution < -0.4 is 15.4 Å². The summed E-state index contributed by atoms with van der Waals surface area (Å²) < 4.78 is 44.5. The molecule has 35 heavy (non-hydrogen) atoms. The summed E-state index contributed by atoms with van der Waals surface area (Å²) in [7, 11) is 0. The molecule has 1 amide bonds. The van der Waals surface area contributed by atoms with Gasteiger partial charge in [0.15, 0.2) is 0 Å². The van der Waals surface area contributed by atoms with Gasteiger partial charge in [-0.1, -0.05) is 19.1 Å². The van der Waals surface area contributed by atoms with Crippen LogP contribution in [0.25, 0.3) is 10.9 Å². The summed E-state index contributed by atoms with van der Waals surface area (Å²) in [6.45, 7) is 4.60. The molecule has 0 unspecified atom stereocenters. The average Bonchev–Trinajstić information content (AvgIpc) is 3.15. The number of hydrogen-bond acceptors (Lipinski definition) is 3. The van der Waals surface area contributed by atoms with Crippen LogP contribution in [0.1, 0.15) is 56.6 Å². The van der Waals surface area contributed by atoms with E-state index in [1.54, 1.807) is 19.1 Å². The number of anilines is 1. The Hall–Kier alpha value is -3.16. The molecule has 2 fully saturated rings. The van der Waals surface area contributed by atoms with E-state index in [4.69, 9.17) is 4.74 Å². The van der Waals surface area contributed by atoms with Crippen LogP contribution in [-0.4, -0.2) is 29.6 Å². The van der Waals surface area contributed by atoms with Crippen molar-refractivity contribution in [2.24, 2.45) is 5.41 Å². The van der Waals surface area contributed by atoms with Gasteiger partial charge in [0.25, 0.3) is 0 Å². The quantitative estimate of drug-likeness (QED) is 0.372. The summed E-state index contributed by atoms with van der Waals surface area (Å²) in [6, 6.07) is 11.7. The Balaban J connectivity index is 1.16. The predicted octanol–water partition coefficient (Wildman–Crippen LogP) is 6.23. The average molecular weight is 486 g/mol. The lowest BCUT2D eigenvalue weighted by Gasteiger charge is -2.45. The maximum absolute atomic E-state index is 12.8. The largest absolute Gasteiger partial charge is 0.490 e. The van der Waals surface area contributed by atoms with Crippen molar-refractivity contribution < 1.29 is 22.7 Å². The number of nitrogens with one attached hydrogen (secondary N) is 3. The molecule has 3 aromatic rings. The molecule has 0 aliphatic heterocycles. The third kappa shape index (κ3) is 5.11. The molecule has 3 N–H and O–H groups in total. The third-order valence-corrected chi connectivity index (χ3v) is 7.35. The zero-order valence-corrected chi connectivity index (χ0v) is 19.8. The number of aromatic amines is 1. The van der Waals surface area contributed by atoms with E-state index in [0.717, 1.165) is 72.3 Å². The van der Waals surface area contributed by atoms with E-state index in [1.165, 1.54) is 0 Å². The molecular weight excluding hydrogens is 455 g/mol. The van der Waals surface area contributed by atoms with Crippen LogP contribution in [0.2, 0.25) is 0 Å². The van der Waals surface area contributed by atoms with E-state index in [-0.39, 0.29) is 29.4 Å². The number of carbonyl (C=O) groups is 1. The fourth-order valence-corrected chi connectivity index (χ4v) is 5.36. The van der Waals surface area contributed by atoms with Crippen LogP contribution in [0.15, 0.2) is 48.7 Å². The van der Waals surface area contributed by atoms with Crippen molar-refractivity contribution in [3.63, 3.8) is 0 Å². The highest BCUT2D eigenvalue weighted by Crippen LogP contribution is 2.42. The first-order valence-corrected chi connectivity index (χ1v) is 12.0. The first-order valence-electron chi connectivity index (χ1n) is 12.0. The van der Waals surface area contributed by atoms with Crippen molar-refractivity contribution in [2.75, 3.05) is 11.9 Å². The maximum atomic E-state index is 12.8. The second-order valence-electron chi connectivity index (χ2n) is 10.4. The molecule has 5 nitrogen and oxygen atoms in total. The highest BCUT2D eigenvalue weighted by Gasteiger charge is 2.40. The van der Waals surface area contributed by atoms with E-state index >= 15 is 0 Å². The highest BCUT2D eigenvalue weighted by molar-refractivity contribution is 5.93. The van der Waals surface area contributed by atoms with Gasteiger partial charge in [0.2, 0.25) is 5.91 Å². The second-order valence-corrected chi connectivity index (χ2v) is 10.4. The van der Waals surface area contributed by atoms with Crippen LogP contribution in [0, 0.1) is 5.41 Å². The van der Waals surface area contributed by atoms with E-state index < -0.39 is 11.7 Å². The molecule has 2 aliphatic carbocycles. The lowest BCUT2D eigenvalue weighted by Crippen LogP contribution is -2.51. The van der Waals surface area contributed by atoms with Crippen LogP contribution in [-0.2, 0) is 11.0 Å². The summed E-state index contributed by atoms with van der Waals surface area (Å²) in [5.74, 6) is 1.03. The number of fused-ring (bicyclic) bond motifs is 1. The summed E-state index contributed by atoms with van der Waals surface area (Å²) in [6.07, 6.45) is 1.20. The Morgan fingerprint density at radius 3 is 2.51 bits per heavy atom. The number of aromatic nitrogens is 1. The van der Waals surface area contributed by atoms with Gasteiger partial charge >= 0.3 is 6.18 Å². The lowest BCUT2D eigenvalue weighted by molar-refractivity contribution is -0.137. The lowest BCUT2D eigenvalue weighted by atomic mass is 9.66. The molecule has 2 saturated carbocycles. The molecule has 0 spiro atoms. The predicted molar refractivity (Wildman–Crippen MR) is 130 cm³/mol. The number of carbonyl (C=O) groups excluding carboxylic acids is 1. The number of amides is 1. The van der Waals surface area contributed by atoms with Crippen molar-refractivity contribution in [3.05, 3.63) is 59.8 Å². The van der Waals surface area contributed by atoms with Crippen molar-refractivity contribution in [2.45, 2.75) is 63.8 Å². The molecule has 2 aliphatic rings. The fraction of sp³-hybridized carbons (Fsp3) is 0.444. The Bertz CT molecular complexity index is 1210. The molecule has 0 radical (unpaired) electrons. The normalized spacial score (nSPS) is 26.0. The standard InChI is InChI=1S/C27H30F3N3O2/c1-16(34)33-20-12-26(2,13-20)15-32-25-14-31-24-8-7-21(11-23(24)25)35-22-9-18(10-22)17-3-5-19(6-4-17)27(28,29)30/h3-8,11,14,18,20,22,31-32H,9-10,12-13,15H2,1-2H3,(H,33,34).